The lowest BCUT2D eigenvalue weighted by Crippen LogP contribution is -2.42. The van der Waals surface area contributed by atoms with Crippen molar-refractivity contribution in [1.29, 1.82) is 0 Å². The molecule has 6 nitrogen and oxygen atoms in total. The maximum Gasteiger partial charge on any atom is 0.269 e. The highest BCUT2D eigenvalue weighted by Gasteiger charge is 2.41. The molecule has 1 aliphatic carbocycles. The molecule has 2 aromatic rings. The molecule has 0 saturated carbocycles. The SMILES string of the molecule is CN1CCC2(C)CC(C(=O)N(C)[C@H](CCNC(=O)c3ccccn3)Cc3ccccc3)=CC=C12. The van der Waals surface area contributed by atoms with Gasteiger partial charge in [0.05, 0.1) is 0 Å². The van der Waals surface area contributed by atoms with Crippen LogP contribution >= 0.6 is 0 Å². The number of aromatic nitrogens is 1. The van der Waals surface area contributed by atoms with E-state index in [0.29, 0.717) is 18.7 Å². The van der Waals surface area contributed by atoms with Crippen LogP contribution in [0.2, 0.25) is 0 Å². The average molecular weight is 459 g/mol. The molecular weight excluding hydrogens is 424 g/mol. The van der Waals surface area contributed by atoms with Gasteiger partial charge in [-0.05, 0) is 49.5 Å². The van der Waals surface area contributed by atoms with Gasteiger partial charge in [-0.3, -0.25) is 14.6 Å². The average Bonchev–Trinajstić information content (AvgIpc) is 3.17. The summed E-state index contributed by atoms with van der Waals surface area (Å²) in [5.74, 6) is -0.123. The third-order valence-corrected chi connectivity index (χ3v) is 7.17. The molecule has 178 valence electrons. The van der Waals surface area contributed by atoms with Gasteiger partial charge >= 0.3 is 0 Å². The van der Waals surface area contributed by atoms with Gasteiger partial charge in [0.15, 0.2) is 0 Å². The number of fused-ring (bicyclic) bond motifs is 1. The molecule has 2 heterocycles. The number of carbonyl (C=O) groups is 2. The highest BCUT2D eigenvalue weighted by atomic mass is 16.2. The van der Waals surface area contributed by atoms with E-state index in [2.05, 4.69) is 47.4 Å². The minimum atomic E-state index is -0.195. The van der Waals surface area contributed by atoms with E-state index in [1.165, 1.54) is 11.3 Å². The summed E-state index contributed by atoms with van der Waals surface area (Å²) >= 11 is 0. The molecule has 34 heavy (non-hydrogen) atoms. The summed E-state index contributed by atoms with van der Waals surface area (Å²) in [5.41, 5.74) is 3.79. The third-order valence-electron chi connectivity index (χ3n) is 7.17. The van der Waals surface area contributed by atoms with Crippen molar-refractivity contribution in [1.82, 2.24) is 20.1 Å². The molecule has 1 aromatic carbocycles. The van der Waals surface area contributed by atoms with Crippen LogP contribution in [0.5, 0.6) is 0 Å². The molecule has 6 heteroatoms. The Hall–Kier alpha value is -3.41. The summed E-state index contributed by atoms with van der Waals surface area (Å²) in [7, 11) is 4.01. The molecule has 1 aromatic heterocycles. The number of benzene rings is 1. The summed E-state index contributed by atoms with van der Waals surface area (Å²) in [6, 6.07) is 15.5. The first-order chi connectivity index (χ1) is 16.4. The summed E-state index contributed by atoms with van der Waals surface area (Å²) in [6.07, 6.45) is 8.95. The van der Waals surface area contributed by atoms with E-state index < -0.39 is 0 Å². The number of nitrogens with one attached hydrogen (secondary N) is 1. The Balaban J connectivity index is 1.45. The van der Waals surface area contributed by atoms with Gasteiger partial charge in [-0.15, -0.1) is 0 Å². The fraction of sp³-hybridized carbons (Fsp3) is 0.393. The number of amides is 2. The predicted molar refractivity (Wildman–Crippen MR) is 134 cm³/mol. The van der Waals surface area contributed by atoms with Crippen molar-refractivity contribution in [2.45, 2.75) is 38.6 Å². The normalized spacial score (nSPS) is 20.1. The predicted octanol–water partition coefficient (Wildman–Crippen LogP) is 3.83. The van der Waals surface area contributed by atoms with Crippen molar-refractivity contribution >= 4 is 11.8 Å². The summed E-state index contributed by atoms with van der Waals surface area (Å²) < 4.78 is 0. The van der Waals surface area contributed by atoms with Gasteiger partial charge in [0.1, 0.15) is 5.69 Å². The quantitative estimate of drug-likeness (QED) is 0.653. The molecule has 1 aliphatic heterocycles. The zero-order valence-corrected chi connectivity index (χ0v) is 20.3. The van der Waals surface area contributed by atoms with Gasteiger partial charge in [-0.1, -0.05) is 49.4 Å². The zero-order valence-electron chi connectivity index (χ0n) is 20.3. The first-order valence-electron chi connectivity index (χ1n) is 12.0. The largest absolute Gasteiger partial charge is 0.377 e. The van der Waals surface area contributed by atoms with Crippen LogP contribution in [-0.4, -0.2) is 59.8 Å². The second-order valence-electron chi connectivity index (χ2n) is 9.67. The maximum absolute atomic E-state index is 13.6. The van der Waals surface area contributed by atoms with Crippen LogP contribution in [-0.2, 0) is 11.2 Å². The lowest BCUT2D eigenvalue weighted by atomic mass is 9.76. The standard InChI is InChI=1S/C28H34N4O2/c1-28-15-18-31(2)25(28)13-12-22(20-28)27(34)32(3)23(19-21-9-5-4-6-10-21)14-17-30-26(33)24-11-7-8-16-29-24/h4-13,16,23H,14-15,17-20H2,1-3H3,(H,30,33)/t23-,28?/m1/s1. The van der Waals surface area contributed by atoms with Crippen LogP contribution in [0.25, 0.3) is 0 Å². The smallest absolute Gasteiger partial charge is 0.269 e. The maximum atomic E-state index is 13.6. The molecule has 0 bridgehead atoms. The Morgan fingerprint density at radius 3 is 2.65 bits per heavy atom. The number of likely N-dealkylation sites (N-methyl/N-ethyl adjacent to an activating group) is 1. The first-order valence-corrected chi connectivity index (χ1v) is 12.0. The molecule has 4 rings (SSSR count). The Kier molecular flexibility index (Phi) is 7.15. The third kappa shape index (κ3) is 5.22. The zero-order chi connectivity index (χ0) is 24.1. The highest BCUT2D eigenvalue weighted by molar-refractivity contribution is 5.94. The number of allylic oxidation sites excluding steroid dienone is 3. The van der Waals surface area contributed by atoms with Crippen LogP contribution in [0, 0.1) is 5.41 Å². The number of likely N-dealkylation sites (tertiary alicyclic amines) is 1. The molecule has 1 fully saturated rings. The first kappa shape index (κ1) is 23.7. The van der Waals surface area contributed by atoms with Crippen LogP contribution in [0.4, 0.5) is 0 Å². The Morgan fingerprint density at radius 2 is 1.91 bits per heavy atom. The molecule has 1 saturated heterocycles. The highest BCUT2D eigenvalue weighted by Crippen LogP contribution is 2.46. The van der Waals surface area contributed by atoms with Gasteiger partial charge in [-0.2, -0.15) is 0 Å². The van der Waals surface area contributed by atoms with E-state index in [4.69, 9.17) is 0 Å². The van der Waals surface area contributed by atoms with E-state index >= 15 is 0 Å². The van der Waals surface area contributed by atoms with Crippen molar-refractivity contribution in [3.8, 4) is 0 Å². The topological polar surface area (TPSA) is 65.5 Å². The number of nitrogens with zero attached hydrogens (tertiary/aromatic N) is 3. The summed E-state index contributed by atoms with van der Waals surface area (Å²) in [5, 5.41) is 2.96. The second kappa shape index (κ2) is 10.2. The number of hydrogen-bond acceptors (Lipinski definition) is 4. The van der Waals surface area contributed by atoms with Crippen molar-refractivity contribution in [3.05, 3.63) is 89.4 Å². The van der Waals surface area contributed by atoms with Gasteiger partial charge in [0.25, 0.3) is 5.91 Å². The van der Waals surface area contributed by atoms with Crippen LogP contribution in [0.3, 0.4) is 0 Å². The minimum Gasteiger partial charge on any atom is -0.377 e. The van der Waals surface area contributed by atoms with E-state index in [9.17, 15) is 9.59 Å². The lowest BCUT2D eigenvalue weighted by Gasteiger charge is -2.34. The fourth-order valence-electron chi connectivity index (χ4n) is 5.09. The lowest BCUT2D eigenvalue weighted by molar-refractivity contribution is -0.128. The second-order valence-corrected chi connectivity index (χ2v) is 9.67. The Morgan fingerprint density at radius 1 is 1.15 bits per heavy atom. The van der Waals surface area contributed by atoms with Crippen molar-refractivity contribution < 1.29 is 9.59 Å². The molecule has 2 aliphatic rings. The van der Waals surface area contributed by atoms with Crippen LogP contribution in [0.15, 0.2) is 78.1 Å². The summed E-state index contributed by atoms with van der Waals surface area (Å²) in [6.45, 7) is 3.76. The number of hydrogen-bond donors (Lipinski definition) is 1. The van der Waals surface area contributed by atoms with Crippen molar-refractivity contribution in [2.75, 3.05) is 27.2 Å². The Bertz CT molecular complexity index is 1080. The number of pyridine rings is 1. The van der Waals surface area contributed by atoms with Crippen molar-refractivity contribution in [3.63, 3.8) is 0 Å². The van der Waals surface area contributed by atoms with Gasteiger partial charge in [0, 0.05) is 56.1 Å². The fourth-order valence-corrected chi connectivity index (χ4v) is 5.09. The van der Waals surface area contributed by atoms with Crippen LogP contribution in [0.1, 0.15) is 42.2 Å². The van der Waals surface area contributed by atoms with Gasteiger partial charge in [-0.25, -0.2) is 0 Å². The Labute approximate surface area is 202 Å². The van der Waals surface area contributed by atoms with Crippen LogP contribution < -0.4 is 5.32 Å². The minimum absolute atomic E-state index is 0.0287. The van der Waals surface area contributed by atoms with E-state index in [1.807, 2.05) is 36.2 Å². The van der Waals surface area contributed by atoms with E-state index in [-0.39, 0.29) is 23.3 Å². The number of carbonyl (C=O) groups excluding carboxylic acids is 2. The van der Waals surface area contributed by atoms with E-state index in [1.54, 1.807) is 24.4 Å². The molecule has 0 radical (unpaired) electrons. The summed E-state index contributed by atoms with van der Waals surface area (Å²) in [4.78, 5) is 34.3. The molecular formula is C28H34N4O2. The van der Waals surface area contributed by atoms with Crippen molar-refractivity contribution in [2.24, 2.45) is 5.41 Å². The monoisotopic (exact) mass is 458 g/mol. The number of rotatable bonds is 8. The molecule has 1 unspecified atom stereocenters. The van der Waals surface area contributed by atoms with Gasteiger partial charge in [0.2, 0.25) is 5.91 Å². The molecule has 2 amide bonds. The van der Waals surface area contributed by atoms with Gasteiger partial charge < -0.3 is 15.1 Å². The van der Waals surface area contributed by atoms with E-state index in [0.717, 1.165) is 31.4 Å². The molecule has 1 N–H and O–H groups in total. The molecule has 0 spiro atoms. The molecule has 2 atom stereocenters.